The first-order valence-corrected chi connectivity index (χ1v) is 6.14. The molecule has 0 N–H and O–H groups in total. The Bertz CT molecular complexity index is 400. The minimum Gasteiger partial charge on any atom is -0.283 e. The van der Waals surface area contributed by atoms with Crippen LogP contribution in [0.4, 0.5) is 0 Å². The first kappa shape index (κ1) is 11.8. The third kappa shape index (κ3) is 3.16. The van der Waals surface area contributed by atoms with E-state index in [1.807, 2.05) is 30.3 Å². The van der Waals surface area contributed by atoms with Crippen LogP contribution >= 0.6 is 0 Å². The lowest BCUT2D eigenvalue weighted by molar-refractivity contribution is -0.146. The van der Waals surface area contributed by atoms with Gasteiger partial charge in [0, 0.05) is 19.4 Å². The van der Waals surface area contributed by atoms with Crippen molar-refractivity contribution in [2.75, 3.05) is 6.54 Å². The van der Waals surface area contributed by atoms with Crippen LogP contribution in [0.2, 0.25) is 0 Å². The molecular formula is C14H17NO2. The maximum absolute atomic E-state index is 11.9. The molecule has 0 aliphatic carbocycles. The summed E-state index contributed by atoms with van der Waals surface area (Å²) >= 11 is 0. The third-order valence-electron chi connectivity index (χ3n) is 3.09. The SMILES string of the molecule is O=C1CCCCN1C(=O)CCc1ccccc1. The number of nitrogens with zero attached hydrogens (tertiary/aromatic N) is 1. The third-order valence-corrected chi connectivity index (χ3v) is 3.09. The molecule has 0 saturated carbocycles. The Hall–Kier alpha value is -1.64. The fourth-order valence-electron chi connectivity index (χ4n) is 2.10. The molecule has 1 aliphatic heterocycles. The molecule has 1 aromatic rings. The minimum absolute atomic E-state index is 0.00527. The number of likely N-dealkylation sites (tertiary alicyclic amines) is 1. The topological polar surface area (TPSA) is 37.4 Å². The fraction of sp³-hybridized carbons (Fsp3) is 0.429. The second-order valence-electron chi connectivity index (χ2n) is 4.38. The monoisotopic (exact) mass is 231 g/mol. The second kappa shape index (κ2) is 5.62. The molecule has 1 fully saturated rings. The molecule has 3 nitrogen and oxygen atoms in total. The summed E-state index contributed by atoms with van der Waals surface area (Å²) in [4.78, 5) is 24.9. The lowest BCUT2D eigenvalue weighted by atomic mass is 10.1. The predicted molar refractivity (Wildman–Crippen MR) is 65.3 cm³/mol. The standard InChI is InChI=1S/C14H17NO2/c16-13-8-4-5-11-15(13)14(17)10-9-12-6-2-1-3-7-12/h1-3,6-7H,4-5,8-11H2. The summed E-state index contributed by atoms with van der Waals surface area (Å²) in [6.07, 6.45) is 3.53. The van der Waals surface area contributed by atoms with Crippen molar-refractivity contribution >= 4 is 11.8 Å². The second-order valence-corrected chi connectivity index (χ2v) is 4.38. The van der Waals surface area contributed by atoms with Crippen LogP contribution in [0, 0.1) is 0 Å². The molecule has 0 bridgehead atoms. The normalized spacial score (nSPS) is 16.0. The van der Waals surface area contributed by atoms with Gasteiger partial charge in [-0.2, -0.15) is 0 Å². The van der Waals surface area contributed by atoms with Crippen LogP contribution in [0.25, 0.3) is 0 Å². The summed E-state index contributed by atoms with van der Waals surface area (Å²) in [6, 6.07) is 9.90. The minimum atomic E-state index is -0.0291. The molecular weight excluding hydrogens is 214 g/mol. The number of benzene rings is 1. The number of amides is 2. The summed E-state index contributed by atoms with van der Waals surface area (Å²) in [5.74, 6) is -0.0344. The Morgan fingerprint density at radius 3 is 2.65 bits per heavy atom. The van der Waals surface area contributed by atoms with Gasteiger partial charge in [-0.15, -0.1) is 0 Å². The quantitative estimate of drug-likeness (QED) is 0.799. The molecule has 3 heteroatoms. The summed E-state index contributed by atoms with van der Waals surface area (Å²) in [7, 11) is 0. The molecule has 2 rings (SSSR count). The Balaban J connectivity index is 1.87. The number of imide groups is 1. The van der Waals surface area contributed by atoms with Gasteiger partial charge in [0.2, 0.25) is 11.8 Å². The Morgan fingerprint density at radius 1 is 1.18 bits per heavy atom. The van der Waals surface area contributed by atoms with Crippen molar-refractivity contribution in [2.45, 2.75) is 32.1 Å². The van der Waals surface area contributed by atoms with E-state index < -0.39 is 0 Å². The number of hydrogen-bond acceptors (Lipinski definition) is 2. The number of carbonyl (C=O) groups is 2. The van der Waals surface area contributed by atoms with E-state index in [4.69, 9.17) is 0 Å². The van der Waals surface area contributed by atoms with Crippen LogP contribution in [-0.2, 0) is 16.0 Å². The lowest BCUT2D eigenvalue weighted by Gasteiger charge is -2.24. The molecule has 0 atom stereocenters. The first-order valence-electron chi connectivity index (χ1n) is 6.14. The van der Waals surface area contributed by atoms with Crippen molar-refractivity contribution in [3.8, 4) is 0 Å². The van der Waals surface area contributed by atoms with Gasteiger partial charge in [-0.05, 0) is 24.8 Å². The predicted octanol–water partition coefficient (Wildman–Crippen LogP) is 2.16. The number of carbonyl (C=O) groups excluding carboxylic acids is 2. The lowest BCUT2D eigenvalue weighted by Crippen LogP contribution is -2.40. The zero-order valence-corrected chi connectivity index (χ0v) is 9.89. The van der Waals surface area contributed by atoms with E-state index in [1.54, 1.807) is 0 Å². The van der Waals surface area contributed by atoms with Crippen LogP contribution in [-0.4, -0.2) is 23.3 Å². The van der Waals surface area contributed by atoms with Crippen LogP contribution in [0.3, 0.4) is 0 Å². The van der Waals surface area contributed by atoms with Crippen molar-refractivity contribution in [3.63, 3.8) is 0 Å². The molecule has 0 aromatic heterocycles. The van der Waals surface area contributed by atoms with E-state index in [-0.39, 0.29) is 11.8 Å². The van der Waals surface area contributed by atoms with E-state index in [0.717, 1.165) is 18.4 Å². The number of hydrogen-bond donors (Lipinski definition) is 0. The summed E-state index contributed by atoms with van der Waals surface area (Å²) in [5, 5.41) is 0. The molecule has 90 valence electrons. The zero-order chi connectivity index (χ0) is 12.1. The highest BCUT2D eigenvalue weighted by Gasteiger charge is 2.23. The van der Waals surface area contributed by atoms with Gasteiger partial charge in [0.1, 0.15) is 0 Å². The average molecular weight is 231 g/mol. The fourth-order valence-corrected chi connectivity index (χ4v) is 2.10. The zero-order valence-electron chi connectivity index (χ0n) is 9.89. The van der Waals surface area contributed by atoms with E-state index in [1.165, 1.54) is 4.90 Å². The molecule has 1 saturated heterocycles. The molecule has 0 spiro atoms. The van der Waals surface area contributed by atoms with Gasteiger partial charge in [0.05, 0.1) is 0 Å². The van der Waals surface area contributed by atoms with Crippen LogP contribution in [0.1, 0.15) is 31.2 Å². The van der Waals surface area contributed by atoms with Crippen molar-refractivity contribution in [1.82, 2.24) is 4.90 Å². The highest BCUT2D eigenvalue weighted by molar-refractivity contribution is 5.95. The maximum Gasteiger partial charge on any atom is 0.229 e. The van der Waals surface area contributed by atoms with Crippen molar-refractivity contribution in [1.29, 1.82) is 0 Å². The van der Waals surface area contributed by atoms with Gasteiger partial charge in [-0.25, -0.2) is 0 Å². The van der Waals surface area contributed by atoms with E-state index in [0.29, 0.717) is 25.8 Å². The molecule has 1 heterocycles. The van der Waals surface area contributed by atoms with Crippen LogP contribution in [0.15, 0.2) is 30.3 Å². The largest absolute Gasteiger partial charge is 0.283 e. The van der Waals surface area contributed by atoms with Crippen molar-refractivity contribution in [2.24, 2.45) is 0 Å². The van der Waals surface area contributed by atoms with Gasteiger partial charge in [-0.3, -0.25) is 14.5 Å². The molecule has 1 aliphatic rings. The van der Waals surface area contributed by atoms with Gasteiger partial charge in [0.15, 0.2) is 0 Å². The van der Waals surface area contributed by atoms with E-state index >= 15 is 0 Å². The number of piperidine rings is 1. The molecule has 0 unspecified atom stereocenters. The van der Waals surface area contributed by atoms with Crippen LogP contribution < -0.4 is 0 Å². The first-order chi connectivity index (χ1) is 8.27. The number of rotatable bonds is 3. The smallest absolute Gasteiger partial charge is 0.229 e. The highest BCUT2D eigenvalue weighted by Crippen LogP contribution is 2.13. The summed E-state index contributed by atoms with van der Waals surface area (Å²) in [5.41, 5.74) is 1.14. The van der Waals surface area contributed by atoms with Crippen LogP contribution in [0.5, 0.6) is 0 Å². The summed E-state index contributed by atoms with van der Waals surface area (Å²) < 4.78 is 0. The summed E-state index contributed by atoms with van der Waals surface area (Å²) in [6.45, 7) is 0.604. The Labute approximate surface area is 101 Å². The van der Waals surface area contributed by atoms with Gasteiger partial charge in [0.25, 0.3) is 0 Å². The van der Waals surface area contributed by atoms with Crippen molar-refractivity contribution in [3.05, 3.63) is 35.9 Å². The molecule has 0 radical (unpaired) electrons. The number of aryl methyl sites for hydroxylation is 1. The van der Waals surface area contributed by atoms with E-state index in [2.05, 4.69) is 0 Å². The van der Waals surface area contributed by atoms with E-state index in [9.17, 15) is 9.59 Å². The van der Waals surface area contributed by atoms with Crippen molar-refractivity contribution < 1.29 is 9.59 Å². The Kier molecular flexibility index (Phi) is 3.91. The van der Waals surface area contributed by atoms with Gasteiger partial charge >= 0.3 is 0 Å². The molecule has 17 heavy (non-hydrogen) atoms. The molecule has 1 aromatic carbocycles. The maximum atomic E-state index is 11.9. The average Bonchev–Trinajstić information content (AvgIpc) is 2.38. The molecule has 2 amide bonds. The van der Waals surface area contributed by atoms with Gasteiger partial charge < -0.3 is 0 Å². The highest BCUT2D eigenvalue weighted by atomic mass is 16.2. The Morgan fingerprint density at radius 2 is 1.94 bits per heavy atom. The van der Waals surface area contributed by atoms with Gasteiger partial charge in [-0.1, -0.05) is 30.3 Å².